The second-order valence-electron chi connectivity index (χ2n) is 8.63. The Balaban J connectivity index is 1.31. The number of methoxy groups -OCH3 is 1. The fraction of sp³-hybridized carbons (Fsp3) is 0.320. The average molecular weight is 494 g/mol. The summed E-state index contributed by atoms with van der Waals surface area (Å²) in [6, 6.07) is 14.4. The molecule has 1 aromatic heterocycles. The summed E-state index contributed by atoms with van der Waals surface area (Å²) in [6.45, 7) is 0. The summed E-state index contributed by atoms with van der Waals surface area (Å²) in [6.07, 6.45) is 3.39. The van der Waals surface area contributed by atoms with Crippen LogP contribution in [0.15, 0.2) is 52.9 Å². The van der Waals surface area contributed by atoms with Crippen LogP contribution in [-0.2, 0) is 9.53 Å². The summed E-state index contributed by atoms with van der Waals surface area (Å²) in [7, 11) is 1.27. The number of benzene rings is 2. The molecule has 11 nitrogen and oxygen atoms in total. The second-order valence-corrected chi connectivity index (χ2v) is 8.63. The van der Waals surface area contributed by atoms with E-state index in [4.69, 9.17) is 9.52 Å². The van der Waals surface area contributed by atoms with Crippen LogP contribution >= 0.6 is 0 Å². The average Bonchev–Trinajstić information content (AvgIpc) is 3.33. The van der Waals surface area contributed by atoms with Crippen LogP contribution in [-0.4, -0.2) is 40.4 Å². The fourth-order valence-electron chi connectivity index (χ4n) is 4.30. The SMILES string of the molecule is COC(=O)Nc1cccc(Nc2nnc(C(=O)Nc3ccc([C@H]4CC[C@H](CC(=O)O)CC4)cc3)o2)c1. The van der Waals surface area contributed by atoms with E-state index in [1.54, 1.807) is 24.3 Å². The van der Waals surface area contributed by atoms with Gasteiger partial charge in [-0.1, -0.05) is 23.3 Å². The summed E-state index contributed by atoms with van der Waals surface area (Å²) < 4.78 is 9.99. The van der Waals surface area contributed by atoms with Gasteiger partial charge in [-0.2, -0.15) is 0 Å². The van der Waals surface area contributed by atoms with Crippen molar-refractivity contribution in [2.24, 2.45) is 5.92 Å². The Morgan fingerprint density at radius 1 is 0.972 bits per heavy atom. The lowest BCUT2D eigenvalue weighted by molar-refractivity contribution is -0.138. The van der Waals surface area contributed by atoms with Gasteiger partial charge in [-0.3, -0.25) is 14.9 Å². The maximum Gasteiger partial charge on any atom is 0.411 e. The number of aromatic nitrogens is 2. The van der Waals surface area contributed by atoms with Gasteiger partial charge in [0.05, 0.1) is 7.11 Å². The number of ether oxygens (including phenoxy) is 1. The van der Waals surface area contributed by atoms with Crippen molar-refractivity contribution in [1.82, 2.24) is 10.2 Å². The Labute approximate surface area is 207 Å². The third kappa shape index (κ3) is 6.59. The van der Waals surface area contributed by atoms with Crippen molar-refractivity contribution in [3.8, 4) is 0 Å². The van der Waals surface area contributed by atoms with Gasteiger partial charge in [0.15, 0.2) is 0 Å². The van der Waals surface area contributed by atoms with Gasteiger partial charge in [0, 0.05) is 23.5 Å². The zero-order chi connectivity index (χ0) is 25.5. The van der Waals surface area contributed by atoms with E-state index >= 15 is 0 Å². The number of hydrogen-bond donors (Lipinski definition) is 4. The van der Waals surface area contributed by atoms with Gasteiger partial charge in [-0.15, -0.1) is 5.10 Å². The van der Waals surface area contributed by atoms with E-state index in [9.17, 15) is 14.4 Å². The number of aliphatic carboxylic acids is 1. The standard InChI is InChI=1S/C25H27N5O6/c1-35-25(34)28-20-4-2-3-19(14-20)27-24-30-29-23(36-24)22(33)26-18-11-9-17(10-12-18)16-7-5-15(6-8-16)13-21(31)32/h2-4,9-12,14-16H,5-8,13H2,1H3,(H,26,33)(H,27,30)(H,28,34)(H,31,32)/t15-,16-. The quantitative estimate of drug-likeness (QED) is 0.339. The van der Waals surface area contributed by atoms with Gasteiger partial charge in [0.25, 0.3) is 0 Å². The first-order valence-corrected chi connectivity index (χ1v) is 11.6. The van der Waals surface area contributed by atoms with E-state index in [1.807, 2.05) is 24.3 Å². The summed E-state index contributed by atoms with van der Waals surface area (Å²) in [5.41, 5.74) is 2.83. The van der Waals surface area contributed by atoms with Crippen LogP contribution in [0.1, 0.15) is 54.3 Å². The number of carboxylic acids is 1. The van der Waals surface area contributed by atoms with Crippen LogP contribution < -0.4 is 16.0 Å². The number of hydrogen-bond acceptors (Lipinski definition) is 8. The minimum absolute atomic E-state index is 0.0178. The number of nitrogens with one attached hydrogen (secondary N) is 3. The van der Waals surface area contributed by atoms with Crippen LogP contribution in [0.5, 0.6) is 0 Å². The molecule has 0 radical (unpaired) electrons. The Morgan fingerprint density at radius 2 is 1.69 bits per heavy atom. The van der Waals surface area contributed by atoms with Crippen LogP contribution in [0.4, 0.5) is 27.9 Å². The number of anilines is 4. The van der Waals surface area contributed by atoms with E-state index in [-0.39, 0.29) is 24.2 Å². The molecule has 2 amide bonds. The molecule has 36 heavy (non-hydrogen) atoms. The first kappa shape index (κ1) is 24.7. The third-order valence-electron chi connectivity index (χ3n) is 6.11. The van der Waals surface area contributed by atoms with E-state index in [2.05, 4.69) is 30.9 Å². The molecule has 188 valence electrons. The van der Waals surface area contributed by atoms with Crippen LogP contribution in [0.2, 0.25) is 0 Å². The van der Waals surface area contributed by atoms with Crippen LogP contribution in [0, 0.1) is 5.92 Å². The summed E-state index contributed by atoms with van der Waals surface area (Å²) in [4.78, 5) is 34.8. The maximum atomic E-state index is 12.6. The molecule has 4 rings (SSSR count). The highest BCUT2D eigenvalue weighted by atomic mass is 16.5. The molecular formula is C25H27N5O6. The summed E-state index contributed by atoms with van der Waals surface area (Å²) in [5, 5.41) is 24.8. The molecule has 0 spiro atoms. The van der Waals surface area contributed by atoms with Crippen LogP contribution in [0.25, 0.3) is 0 Å². The molecule has 11 heteroatoms. The van der Waals surface area contributed by atoms with Crippen molar-refractivity contribution in [1.29, 1.82) is 0 Å². The monoisotopic (exact) mass is 493 g/mol. The minimum atomic E-state index is -0.732. The van der Waals surface area contributed by atoms with Crippen molar-refractivity contribution < 1.29 is 28.6 Å². The molecule has 0 bridgehead atoms. The number of carboxylic acid groups (broad SMARTS) is 1. The van der Waals surface area contributed by atoms with Crippen molar-refractivity contribution in [3.63, 3.8) is 0 Å². The Bertz CT molecular complexity index is 1220. The molecule has 1 heterocycles. The molecule has 1 aliphatic carbocycles. The molecule has 1 fully saturated rings. The Hall–Kier alpha value is -4.41. The molecule has 2 aromatic carbocycles. The van der Waals surface area contributed by atoms with Gasteiger partial charge in [-0.25, -0.2) is 4.79 Å². The lowest BCUT2D eigenvalue weighted by atomic mass is 9.77. The fourth-order valence-corrected chi connectivity index (χ4v) is 4.30. The highest BCUT2D eigenvalue weighted by Crippen LogP contribution is 2.37. The van der Waals surface area contributed by atoms with E-state index in [0.717, 1.165) is 25.7 Å². The Kier molecular flexibility index (Phi) is 7.79. The number of amides is 2. The highest BCUT2D eigenvalue weighted by Gasteiger charge is 2.24. The number of nitrogens with zero attached hydrogens (tertiary/aromatic N) is 2. The predicted octanol–water partition coefficient (Wildman–Crippen LogP) is 4.99. The van der Waals surface area contributed by atoms with Crippen molar-refractivity contribution in [2.75, 3.05) is 23.1 Å². The number of carbonyl (C=O) groups is 3. The molecule has 1 saturated carbocycles. The van der Waals surface area contributed by atoms with Crippen LogP contribution in [0.3, 0.4) is 0 Å². The predicted molar refractivity (Wildman–Crippen MR) is 131 cm³/mol. The highest BCUT2D eigenvalue weighted by molar-refractivity contribution is 6.00. The number of rotatable bonds is 8. The van der Waals surface area contributed by atoms with Crippen molar-refractivity contribution >= 4 is 41.0 Å². The molecule has 0 unspecified atom stereocenters. The van der Waals surface area contributed by atoms with Gasteiger partial charge in [0.1, 0.15) is 0 Å². The first-order chi connectivity index (χ1) is 17.4. The third-order valence-corrected chi connectivity index (χ3v) is 6.11. The molecule has 0 atom stereocenters. The largest absolute Gasteiger partial charge is 0.481 e. The molecule has 0 aliphatic heterocycles. The van der Waals surface area contributed by atoms with Gasteiger partial charge < -0.3 is 24.9 Å². The van der Waals surface area contributed by atoms with Crippen molar-refractivity contribution in [3.05, 3.63) is 60.0 Å². The normalized spacial score (nSPS) is 17.1. The maximum absolute atomic E-state index is 12.6. The second kappa shape index (κ2) is 11.3. The zero-order valence-electron chi connectivity index (χ0n) is 19.7. The van der Waals surface area contributed by atoms with E-state index in [1.165, 1.54) is 12.7 Å². The minimum Gasteiger partial charge on any atom is -0.481 e. The van der Waals surface area contributed by atoms with Gasteiger partial charge >= 0.3 is 29.9 Å². The summed E-state index contributed by atoms with van der Waals surface area (Å²) in [5.74, 6) is -0.831. The lowest BCUT2D eigenvalue weighted by Crippen LogP contribution is -2.16. The topological polar surface area (TPSA) is 156 Å². The zero-order valence-corrected chi connectivity index (χ0v) is 19.7. The molecular weight excluding hydrogens is 466 g/mol. The molecule has 1 aliphatic rings. The van der Waals surface area contributed by atoms with Gasteiger partial charge in [0.2, 0.25) is 0 Å². The van der Waals surface area contributed by atoms with E-state index < -0.39 is 18.0 Å². The molecule has 4 N–H and O–H groups in total. The first-order valence-electron chi connectivity index (χ1n) is 11.6. The smallest absolute Gasteiger partial charge is 0.411 e. The lowest BCUT2D eigenvalue weighted by Gasteiger charge is -2.28. The van der Waals surface area contributed by atoms with E-state index in [0.29, 0.717) is 23.0 Å². The van der Waals surface area contributed by atoms with Crippen molar-refractivity contribution in [2.45, 2.75) is 38.0 Å². The molecule has 3 aromatic rings. The molecule has 0 saturated heterocycles. The Morgan fingerprint density at radius 3 is 2.39 bits per heavy atom. The number of carbonyl (C=O) groups excluding carboxylic acids is 2. The summed E-state index contributed by atoms with van der Waals surface area (Å²) >= 11 is 0. The van der Waals surface area contributed by atoms with Gasteiger partial charge in [-0.05, 0) is 73.4 Å².